The minimum Gasteiger partial charge on any atom is -0.356 e. The van der Waals surface area contributed by atoms with Crippen molar-refractivity contribution in [2.75, 3.05) is 13.1 Å². The van der Waals surface area contributed by atoms with E-state index in [1.165, 1.54) is 12.8 Å². The molecule has 1 aliphatic rings. The van der Waals surface area contributed by atoms with E-state index in [1.54, 1.807) is 0 Å². The summed E-state index contributed by atoms with van der Waals surface area (Å²) < 4.78 is 5.47. The second-order valence-corrected chi connectivity index (χ2v) is 6.05. The van der Waals surface area contributed by atoms with Crippen LogP contribution in [-0.4, -0.2) is 29.2 Å². The fourth-order valence-corrected chi connectivity index (χ4v) is 3.02. The van der Waals surface area contributed by atoms with Crippen molar-refractivity contribution in [3.05, 3.63) is 42.1 Å². The van der Waals surface area contributed by atoms with Gasteiger partial charge >= 0.3 is 0 Å². The Morgan fingerprint density at radius 2 is 2.19 bits per heavy atom. The average Bonchev–Trinajstić information content (AvgIpc) is 2.97. The number of hydrogen-bond donors (Lipinski definition) is 1. The van der Waals surface area contributed by atoms with Gasteiger partial charge < -0.3 is 10.3 Å². The van der Waals surface area contributed by atoms with E-state index in [4.69, 9.17) is 10.3 Å². The number of nitrogens with zero attached hydrogens (tertiary/aromatic N) is 2. The third kappa shape index (κ3) is 3.52. The highest BCUT2D eigenvalue weighted by atomic mass is 16.5. The van der Waals surface area contributed by atoms with E-state index in [2.05, 4.69) is 17.0 Å². The smallest absolute Gasteiger partial charge is 0.167 e. The molecule has 3 rings (SSSR count). The molecule has 1 aromatic heterocycles. The molecule has 0 aliphatic carbocycles. The largest absolute Gasteiger partial charge is 0.356 e. The molecule has 2 heterocycles. The van der Waals surface area contributed by atoms with Crippen LogP contribution in [0.15, 0.2) is 40.9 Å². The molecule has 4 heteroatoms. The lowest BCUT2D eigenvalue weighted by Crippen LogP contribution is -2.41. The molecule has 112 valence electrons. The lowest BCUT2D eigenvalue weighted by Gasteiger charge is -2.34. The van der Waals surface area contributed by atoms with Crippen molar-refractivity contribution < 1.29 is 4.52 Å². The maximum absolute atomic E-state index is 6.04. The van der Waals surface area contributed by atoms with Crippen LogP contribution in [0.25, 0.3) is 11.3 Å². The predicted octanol–water partition coefficient (Wildman–Crippen LogP) is 2.90. The molecular weight excluding hydrogens is 262 g/mol. The Morgan fingerprint density at radius 3 is 2.95 bits per heavy atom. The molecule has 2 unspecified atom stereocenters. The molecule has 1 aliphatic heterocycles. The fourth-order valence-electron chi connectivity index (χ4n) is 3.02. The summed E-state index contributed by atoms with van der Waals surface area (Å²) in [4.78, 5) is 2.43. The van der Waals surface area contributed by atoms with Gasteiger partial charge in [0.2, 0.25) is 0 Å². The van der Waals surface area contributed by atoms with Crippen LogP contribution in [-0.2, 0) is 6.54 Å². The lowest BCUT2D eigenvalue weighted by atomic mass is 9.92. The third-order valence-electron chi connectivity index (χ3n) is 4.29. The van der Waals surface area contributed by atoms with E-state index < -0.39 is 0 Å². The Kier molecular flexibility index (Phi) is 4.36. The van der Waals surface area contributed by atoms with Gasteiger partial charge in [0.1, 0.15) is 0 Å². The SMILES string of the molecule is CC(N)C1CCCN(Cc2cc(-c3ccccc3)on2)C1. The first-order chi connectivity index (χ1) is 10.2. The first-order valence-corrected chi connectivity index (χ1v) is 7.71. The van der Waals surface area contributed by atoms with Crippen LogP contribution in [0.4, 0.5) is 0 Å². The number of aromatic nitrogens is 1. The van der Waals surface area contributed by atoms with E-state index in [9.17, 15) is 0 Å². The lowest BCUT2D eigenvalue weighted by molar-refractivity contribution is 0.151. The van der Waals surface area contributed by atoms with Gasteiger partial charge in [0.05, 0.1) is 5.69 Å². The van der Waals surface area contributed by atoms with Crippen LogP contribution in [0.3, 0.4) is 0 Å². The predicted molar refractivity (Wildman–Crippen MR) is 83.6 cm³/mol. The molecular formula is C17H23N3O. The average molecular weight is 285 g/mol. The zero-order valence-electron chi connectivity index (χ0n) is 12.5. The number of nitrogens with two attached hydrogens (primary N) is 1. The van der Waals surface area contributed by atoms with Gasteiger partial charge in [-0.25, -0.2) is 0 Å². The Balaban J connectivity index is 1.65. The zero-order valence-corrected chi connectivity index (χ0v) is 12.5. The molecule has 0 amide bonds. The van der Waals surface area contributed by atoms with Crippen molar-refractivity contribution >= 4 is 0 Å². The van der Waals surface area contributed by atoms with Crippen LogP contribution in [0.5, 0.6) is 0 Å². The topological polar surface area (TPSA) is 55.3 Å². The molecule has 0 saturated carbocycles. The van der Waals surface area contributed by atoms with Crippen LogP contribution in [0.2, 0.25) is 0 Å². The highest BCUT2D eigenvalue weighted by Crippen LogP contribution is 2.23. The van der Waals surface area contributed by atoms with Crippen LogP contribution >= 0.6 is 0 Å². The maximum atomic E-state index is 6.04. The minimum atomic E-state index is 0.269. The summed E-state index contributed by atoms with van der Waals surface area (Å²) >= 11 is 0. The second kappa shape index (κ2) is 6.41. The maximum Gasteiger partial charge on any atom is 0.167 e. The third-order valence-corrected chi connectivity index (χ3v) is 4.29. The summed E-state index contributed by atoms with van der Waals surface area (Å²) in [6.45, 7) is 5.14. The molecule has 1 fully saturated rings. The fraction of sp³-hybridized carbons (Fsp3) is 0.471. The molecule has 2 atom stereocenters. The number of likely N-dealkylation sites (tertiary alicyclic amines) is 1. The van der Waals surface area contributed by atoms with E-state index in [1.807, 2.05) is 36.4 Å². The van der Waals surface area contributed by atoms with E-state index >= 15 is 0 Å². The first kappa shape index (κ1) is 14.3. The summed E-state index contributed by atoms with van der Waals surface area (Å²) in [6, 6.07) is 12.4. The Bertz CT molecular complexity index is 564. The van der Waals surface area contributed by atoms with Crippen molar-refractivity contribution in [1.82, 2.24) is 10.1 Å². The van der Waals surface area contributed by atoms with Gasteiger partial charge in [-0.15, -0.1) is 0 Å². The molecule has 2 aromatic rings. The molecule has 1 saturated heterocycles. The Morgan fingerprint density at radius 1 is 1.38 bits per heavy atom. The van der Waals surface area contributed by atoms with E-state index in [0.29, 0.717) is 5.92 Å². The van der Waals surface area contributed by atoms with Gasteiger partial charge in [-0.1, -0.05) is 35.5 Å². The van der Waals surface area contributed by atoms with Crippen molar-refractivity contribution in [2.24, 2.45) is 11.7 Å². The van der Waals surface area contributed by atoms with E-state index in [-0.39, 0.29) is 6.04 Å². The molecule has 2 N–H and O–H groups in total. The van der Waals surface area contributed by atoms with Crippen molar-refractivity contribution in [1.29, 1.82) is 0 Å². The molecule has 0 spiro atoms. The first-order valence-electron chi connectivity index (χ1n) is 7.71. The van der Waals surface area contributed by atoms with Gasteiger partial charge in [-0.05, 0) is 32.2 Å². The van der Waals surface area contributed by atoms with Gasteiger partial charge in [0.25, 0.3) is 0 Å². The normalized spacial score (nSPS) is 21.3. The number of rotatable bonds is 4. The van der Waals surface area contributed by atoms with Crippen LogP contribution in [0.1, 0.15) is 25.5 Å². The highest BCUT2D eigenvalue weighted by Gasteiger charge is 2.23. The molecule has 0 radical (unpaired) electrons. The van der Waals surface area contributed by atoms with Gasteiger partial charge in [0, 0.05) is 30.8 Å². The molecule has 21 heavy (non-hydrogen) atoms. The summed E-state index contributed by atoms with van der Waals surface area (Å²) in [6.07, 6.45) is 2.46. The van der Waals surface area contributed by atoms with E-state index in [0.717, 1.165) is 36.7 Å². The summed E-state index contributed by atoms with van der Waals surface area (Å²) in [5, 5.41) is 4.21. The minimum absolute atomic E-state index is 0.269. The highest BCUT2D eigenvalue weighted by molar-refractivity contribution is 5.56. The van der Waals surface area contributed by atoms with Crippen molar-refractivity contribution in [3.8, 4) is 11.3 Å². The van der Waals surface area contributed by atoms with Crippen molar-refractivity contribution in [3.63, 3.8) is 0 Å². The van der Waals surface area contributed by atoms with Crippen LogP contribution < -0.4 is 5.73 Å². The monoisotopic (exact) mass is 285 g/mol. The number of benzene rings is 1. The van der Waals surface area contributed by atoms with Gasteiger partial charge in [-0.3, -0.25) is 4.90 Å². The quantitative estimate of drug-likeness (QED) is 0.938. The second-order valence-electron chi connectivity index (χ2n) is 6.05. The van der Waals surface area contributed by atoms with Gasteiger partial charge in [-0.2, -0.15) is 0 Å². The summed E-state index contributed by atoms with van der Waals surface area (Å²) in [5.41, 5.74) is 8.11. The molecule has 4 nitrogen and oxygen atoms in total. The Labute approximate surface area is 125 Å². The Hall–Kier alpha value is -1.65. The number of hydrogen-bond acceptors (Lipinski definition) is 4. The summed E-state index contributed by atoms with van der Waals surface area (Å²) in [5.74, 6) is 1.44. The van der Waals surface area contributed by atoms with Gasteiger partial charge in [0.15, 0.2) is 5.76 Å². The summed E-state index contributed by atoms with van der Waals surface area (Å²) in [7, 11) is 0. The molecule has 0 bridgehead atoms. The van der Waals surface area contributed by atoms with Crippen LogP contribution in [0, 0.1) is 5.92 Å². The number of piperidine rings is 1. The molecule has 1 aromatic carbocycles. The van der Waals surface area contributed by atoms with Crippen molar-refractivity contribution in [2.45, 2.75) is 32.4 Å². The zero-order chi connectivity index (χ0) is 14.7. The standard InChI is InChI=1S/C17H23N3O/c1-13(18)15-8-5-9-20(11-15)12-16-10-17(21-19-16)14-6-3-2-4-7-14/h2-4,6-7,10,13,15H,5,8-9,11-12,18H2,1H3.